The van der Waals surface area contributed by atoms with E-state index in [0.717, 1.165) is 5.56 Å². The summed E-state index contributed by atoms with van der Waals surface area (Å²) in [4.78, 5) is 1.99. The van der Waals surface area contributed by atoms with Crippen LogP contribution in [0.25, 0.3) is 0 Å². The van der Waals surface area contributed by atoms with Crippen LogP contribution in [0.3, 0.4) is 0 Å². The Labute approximate surface area is 102 Å². The van der Waals surface area contributed by atoms with Gasteiger partial charge in [0, 0.05) is 6.54 Å². The molecule has 0 unspecified atom stereocenters. The topological polar surface area (TPSA) is 72.6 Å². The highest BCUT2D eigenvalue weighted by atomic mass is 32.2. The summed E-state index contributed by atoms with van der Waals surface area (Å²) in [6, 6.07) is 4.94. The van der Waals surface area contributed by atoms with Crippen LogP contribution >= 0.6 is 0 Å². The van der Waals surface area contributed by atoms with Gasteiger partial charge in [-0.3, -0.25) is 0 Å². The number of sulfonamides is 1. The maximum Gasteiger partial charge on any atom is 0.241 e. The summed E-state index contributed by atoms with van der Waals surface area (Å²) in [7, 11) is 0.0863. The second kappa shape index (κ2) is 5.48. The summed E-state index contributed by atoms with van der Waals surface area (Å²) in [6.45, 7) is 2.93. The van der Waals surface area contributed by atoms with Crippen molar-refractivity contribution in [1.82, 2.24) is 4.90 Å². The fourth-order valence-electron chi connectivity index (χ4n) is 1.30. The molecule has 0 amide bonds. The first kappa shape index (κ1) is 14.0. The molecule has 0 bridgehead atoms. The van der Waals surface area contributed by atoms with Gasteiger partial charge < -0.3 is 9.64 Å². The Kier molecular flexibility index (Phi) is 4.50. The molecule has 0 aliphatic heterocycles. The van der Waals surface area contributed by atoms with Crippen LogP contribution in [0.1, 0.15) is 5.56 Å². The Morgan fingerprint density at radius 2 is 2.00 bits per heavy atom. The van der Waals surface area contributed by atoms with E-state index in [0.29, 0.717) is 18.9 Å². The van der Waals surface area contributed by atoms with Crippen LogP contribution in [0.4, 0.5) is 0 Å². The Balaban J connectivity index is 2.92. The molecule has 0 spiro atoms. The lowest BCUT2D eigenvalue weighted by atomic mass is 10.2. The Morgan fingerprint density at radius 1 is 1.35 bits per heavy atom. The minimum absolute atomic E-state index is 0.0382. The summed E-state index contributed by atoms with van der Waals surface area (Å²) in [6.07, 6.45) is 0. The van der Waals surface area contributed by atoms with E-state index < -0.39 is 10.0 Å². The second-order valence-corrected chi connectivity index (χ2v) is 5.68. The lowest BCUT2D eigenvalue weighted by Crippen LogP contribution is -2.21. The number of hydrogen-bond acceptors (Lipinski definition) is 4. The van der Waals surface area contributed by atoms with E-state index in [2.05, 4.69) is 0 Å². The summed E-state index contributed by atoms with van der Waals surface area (Å²) in [5.41, 5.74) is 0.828. The Bertz CT molecular complexity index is 483. The molecule has 0 fully saturated rings. The third-order valence-corrected chi connectivity index (χ3v) is 3.13. The Morgan fingerprint density at radius 3 is 2.53 bits per heavy atom. The van der Waals surface area contributed by atoms with Gasteiger partial charge >= 0.3 is 0 Å². The minimum atomic E-state index is -3.75. The van der Waals surface area contributed by atoms with E-state index in [1.807, 2.05) is 19.0 Å². The first-order valence-electron chi connectivity index (χ1n) is 5.21. The van der Waals surface area contributed by atoms with Crippen molar-refractivity contribution in [3.63, 3.8) is 0 Å². The minimum Gasteiger partial charge on any atom is -0.491 e. The third kappa shape index (κ3) is 4.33. The molecule has 6 heteroatoms. The van der Waals surface area contributed by atoms with Crippen LogP contribution < -0.4 is 9.88 Å². The predicted molar refractivity (Wildman–Crippen MR) is 66.6 cm³/mol. The van der Waals surface area contributed by atoms with E-state index in [1.165, 1.54) is 6.07 Å². The van der Waals surface area contributed by atoms with E-state index in [-0.39, 0.29) is 4.90 Å². The summed E-state index contributed by atoms with van der Waals surface area (Å²) in [5.74, 6) is 0.306. The molecule has 0 aliphatic rings. The number of nitrogens with zero attached hydrogens (tertiary/aromatic N) is 1. The van der Waals surface area contributed by atoms with Crippen LogP contribution in [-0.2, 0) is 10.0 Å². The average molecular weight is 258 g/mol. The molecular formula is C11H18N2O3S. The van der Waals surface area contributed by atoms with Gasteiger partial charge in [-0.25, -0.2) is 13.6 Å². The van der Waals surface area contributed by atoms with E-state index in [4.69, 9.17) is 9.88 Å². The van der Waals surface area contributed by atoms with E-state index in [9.17, 15) is 8.42 Å². The van der Waals surface area contributed by atoms with Crippen molar-refractivity contribution in [2.75, 3.05) is 27.2 Å². The van der Waals surface area contributed by atoms with Gasteiger partial charge in [0.1, 0.15) is 17.3 Å². The summed E-state index contributed by atoms with van der Waals surface area (Å²) < 4.78 is 28.2. The van der Waals surface area contributed by atoms with Gasteiger partial charge in [0.05, 0.1) is 0 Å². The van der Waals surface area contributed by atoms with E-state index >= 15 is 0 Å². The molecule has 0 aliphatic carbocycles. The van der Waals surface area contributed by atoms with Crippen molar-refractivity contribution in [2.24, 2.45) is 5.14 Å². The highest BCUT2D eigenvalue weighted by molar-refractivity contribution is 7.89. The van der Waals surface area contributed by atoms with Crippen LogP contribution in [0, 0.1) is 6.92 Å². The predicted octanol–water partition coefficient (Wildman–Crippen LogP) is 0.583. The van der Waals surface area contributed by atoms with Crippen molar-refractivity contribution < 1.29 is 13.2 Å². The SMILES string of the molecule is Cc1ccc(OCCN(C)C)c(S(N)(=O)=O)c1. The Hall–Kier alpha value is -1.11. The number of nitrogens with two attached hydrogens (primary N) is 1. The van der Waals surface area contributed by atoms with Crippen molar-refractivity contribution in [2.45, 2.75) is 11.8 Å². The molecule has 0 saturated carbocycles. The van der Waals surface area contributed by atoms with Crippen LogP contribution in [0.2, 0.25) is 0 Å². The molecule has 1 aromatic rings. The molecule has 96 valence electrons. The molecule has 0 saturated heterocycles. The molecule has 0 aromatic heterocycles. The van der Waals surface area contributed by atoms with Gasteiger partial charge in [-0.2, -0.15) is 0 Å². The van der Waals surface area contributed by atoms with Crippen LogP contribution in [0.15, 0.2) is 23.1 Å². The van der Waals surface area contributed by atoms with Gasteiger partial charge in [0.25, 0.3) is 0 Å². The first-order valence-corrected chi connectivity index (χ1v) is 6.76. The molecule has 0 heterocycles. The molecular weight excluding hydrogens is 240 g/mol. The number of primary sulfonamides is 1. The zero-order valence-corrected chi connectivity index (χ0v) is 11.1. The number of likely N-dealkylation sites (N-methyl/N-ethyl adjacent to an activating group) is 1. The van der Waals surface area contributed by atoms with Crippen molar-refractivity contribution in [3.8, 4) is 5.75 Å². The monoisotopic (exact) mass is 258 g/mol. The highest BCUT2D eigenvalue weighted by Gasteiger charge is 2.15. The van der Waals surface area contributed by atoms with E-state index in [1.54, 1.807) is 19.1 Å². The van der Waals surface area contributed by atoms with Gasteiger partial charge in [-0.05, 0) is 38.7 Å². The maximum atomic E-state index is 11.4. The lowest BCUT2D eigenvalue weighted by Gasteiger charge is -2.13. The smallest absolute Gasteiger partial charge is 0.241 e. The normalized spacial score (nSPS) is 11.8. The molecule has 1 rings (SSSR count). The molecule has 5 nitrogen and oxygen atoms in total. The van der Waals surface area contributed by atoms with Crippen LogP contribution in [0.5, 0.6) is 5.75 Å². The first-order chi connectivity index (χ1) is 7.80. The van der Waals surface area contributed by atoms with Gasteiger partial charge in [-0.1, -0.05) is 6.07 Å². The van der Waals surface area contributed by atoms with Gasteiger partial charge in [0.15, 0.2) is 0 Å². The summed E-state index contributed by atoms with van der Waals surface area (Å²) in [5, 5.41) is 5.14. The van der Waals surface area contributed by atoms with Crippen LogP contribution in [-0.4, -0.2) is 40.6 Å². The molecule has 1 aromatic carbocycles. The fourth-order valence-corrected chi connectivity index (χ4v) is 2.05. The summed E-state index contributed by atoms with van der Waals surface area (Å²) >= 11 is 0. The molecule has 0 atom stereocenters. The number of ether oxygens (including phenoxy) is 1. The molecule has 2 N–H and O–H groups in total. The average Bonchev–Trinajstić information content (AvgIpc) is 2.18. The van der Waals surface area contributed by atoms with Crippen molar-refractivity contribution in [1.29, 1.82) is 0 Å². The fraction of sp³-hybridized carbons (Fsp3) is 0.455. The highest BCUT2D eigenvalue weighted by Crippen LogP contribution is 2.23. The second-order valence-electron chi connectivity index (χ2n) is 4.15. The van der Waals surface area contributed by atoms with Crippen molar-refractivity contribution in [3.05, 3.63) is 23.8 Å². The zero-order valence-electron chi connectivity index (χ0n) is 10.3. The quantitative estimate of drug-likeness (QED) is 0.838. The maximum absolute atomic E-state index is 11.4. The number of hydrogen-bond donors (Lipinski definition) is 1. The lowest BCUT2D eigenvalue weighted by molar-refractivity contribution is 0.256. The molecule has 0 radical (unpaired) electrons. The molecule has 17 heavy (non-hydrogen) atoms. The standard InChI is InChI=1S/C11H18N2O3S/c1-9-4-5-10(16-7-6-13(2)3)11(8-9)17(12,14)15/h4-5,8H,6-7H2,1-3H3,(H2,12,14,15). The number of benzene rings is 1. The van der Waals surface area contributed by atoms with Gasteiger partial charge in [0.2, 0.25) is 10.0 Å². The largest absolute Gasteiger partial charge is 0.491 e. The van der Waals surface area contributed by atoms with Gasteiger partial charge in [-0.15, -0.1) is 0 Å². The third-order valence-electron chi connectivity index (χ3n) is 2.20. The zero-order chi connectivity index (χ0) is 13.1. The van der Waals surface area contributed by atoms with Crippen molar-refractivity contribution >= 4 is 10.0 Å². The number of aryl methyl sites for hydroxylation is 1. The number of rotatable bonds is 5.